The van der Waals surface area contributed by atoms with Gasteiger partial charge in [0.2, 0.25) is 10.0 Å². The molecule has 0 aromatic heterocycles. The SMILES string of the molecule is CN(C)C(=O)c1ccc(Cl)c(NC(=O)c2ccc(S(=O)(=O)N3CCOCC3)cc2)c1. The zero-order valence-electron chi connectivity index (χ0n) is 16.6. The van der Waals surface area contributed by atoms with Gasteiger partial charge in [0.25, 0.3) is 11.8 Å². The third-order valence-electron chi connectivity index (χ3n) is 4.59. The van der Waals surface area contributed by atoms with E-state index in [9.17, 15) is 18.0 Å². The van der Waals surface area contributed by atoms with Crippen molar-refractivity contribution in [3.8, 4) is 0 Å². The molecule has 0 bridgehead atoms. The first-order valence-electron chi connectivity index (χ1n) is 9.20. The summed E-state index contributed by atoms with van der Waals surface area (Å²) in [5, 5.41) is 2.95. The Morgan fingerprint density at radius 1 is 1.03 bits per heavy atom. The number of carbonyl (C=O) groups is 2. The van der Waals surface area contributed by atoms with Gasteiger partial charge in [0.1, 0.15) is 0 Å². The highest BCUT2D eigenvalue weighted by Crippen LogP contribution is 2.25. The Morgan fingerprint density at radius 3 is 2.23 bits per heavy atom. The number of anilines is 1. The molecule has 0 atom stereocenters. The van der Waals surface area contributed by atoms with Crippen molar-refractivity contribution in [1.82, 2.24) is 9.21 Å². The lowest BCUT2D eigenvalue weighted by Crippen LogP contribution is -2.40. The van der Waals surface area contributed by atoms with Gasteiger partial charge >= 0.3 is 0 Å². The first-order valence-corrected chi connectivity index (χ1v) is 11.0. The predicted octanol–water partition coefficient (Wildman–Crippen LogP) is 2.32. The van der Waals surface area contributed by atoms with Gasteiger partial charge in [-0.1, -0.05) is 11.6 Å². The van der Waals surface area contributed by atoms with Gasteiger partial charge in [0.05, 0.1) is 28.8 Å². The summed E-state index contributed by atoms with van der Waals surface area (Å²) in [6.07, 6.45) is 0. The molecule has 1 aliphatic rings. The van der Waals surface area contributed by atoms with Crippen LogP contribution in [0.4, 0.5) is 5.69 Å². The van der Waals surface area contributed by atoms with Crippen LogP contribution >= 0.6 is 11.6 Å². The van der Waals surface area contributed by atoms with E-state index in [4.69, 9.17) is 16.3 Å². The Hall–Kier alpha value is -2.46. The van der Waals surface area contributed by atoms with Crippen molar-refractivity contribution in [1.29, 1.82) is 0 Å². The maximum atomic E-state index is 12.7. The van der Waals surface area contributed by atoms with E-state index >= 15 is 0 Å². The zero-order chi connectivity index (χ0) is 21.9. The normalized spacial score (nSPS) is 14.9. The second-order valence-corrected chi connectivity index (χ2v) is 9.23. The van der Waals surface area contributed by atoms with Crippen LogP contribution in [-0.2, 0) is 14.8 Å². The highest BCUT2D eigenvalue weighted by molar-refractivity contribution is 7.89. The fraction of sp³-hybridized carbons (Fsp3) is 0.300. The fourth-order valence-corrected chi connectivity index (χ4v) is 4.49. The number of sulfonamides is 1. The Bertz CT molecular complexity index is 1050. The molecule has 1 heterocycles. The number of hydrogen-bond donors (Lipinski definition) is 1. The molecular formula is C20H22ClN3O5S. The molecule has 2 amide bonds. The van der Waals surface area contributed by atoms with Gasteiger partial charge in [-0.3, -0.25) is 9.59 Å². The van der Waals surface area contributed by atoms with E-state index in [0.717, 1.165) is 0 Å². The number of rotatable bonds is 5. The van der Waals surface area contributed by atoms with Crippen LogP contribution < -0.4 is 5.32 Å². The van der Waals surface area contributed by atoms with Gasteiger partial charge in [-0.05, 0) is 42.5 Å². The standard InChI is InChI=1S/C20H22ClN3O5S/c1-23(2)20(26)15-5-8-17(21)18(13-15)22-19(25)14-3-6-16(7-4-14)30(27,28)24-9-11-29-12-10-24/h3-8,13H,9-12H2,1-2H3,(H,22,25). The van der Waals surface area contributed by atoms with Crippen molar-refractivity contribution < 1.29 is 22.7 Å². The quantitative estimate of drug-likeness (QED) is 0.752. The summed E-state index contributed by atoms with van der Waals surface area (Å²) in [5.41, 5.74) is 0.933. The van der Waals surface area contributed by atoms with Crippen LogP contribution in [0.15, 0.2) is 47.4 Å². The van der Waals surface area contributed by atoms with Crippen LogP contribution in [0.25, 0.3) is 0 Å². The fourth-order valence-electron chi connectivity index (χ4n) is 2.92. The molecule has 1 fully saturated rings. The van der Waals surface area contributed by atoms with Crippen molar-refractivity contribution in [2.45, 2.75) is 4.90 Å². The Kier molecular flexibility index (Phi) is 6.77. The molecule has 0 radical (unpaired) electrons. The monoisotopic (exact) mass is 451 g/mol. The molecule has 0 spiro atoms. The van der Waals surface area contributed by atoms with Gasteiger partial charge < -0.3 is 15.0 Å². The Labute approximate surface area is 180 Å². The number of ether oxygens (including phenoxy) is 1. The third-order valence-corrected chi connectivity index (χ3v) is 6.83. The van der Waals surface area contributed by atoms with Gasteiger partial charge in [-0.15, -0.1) is 0 Å². The van der Waals surface area contributed by atoms with Crippen LogP contribution in [0.5, 0.6) is 0 Å². The summed E-state index contributed by atoms with van der Waals surface area (Å²) in [5.74, 6) is -0.693. The van der Waals surface area contributed by atoms with E-state index in [1.165, 1.54) is 45.6 Å². The first kappa shape index (κ1) is 22.2. The molecule has 0 aliphatic carbocycles. The largest absolute Gasteiger partial charge is 0.379 e. The Morgan fingerprint density at radius 2 is 1.63 bits per heavy atom. The van der Waals surface area contributed by atoms with Crippen LogP contribution in [0.2, 0.25) is 5.02 Å². The molecule has 3 rings (SSSR count). The number of nitrogens with one attached hydrogen (secondary N) is 1. The van der Waals surface area contributed by atoms with Gasteiger partial charge in [0.15, 0.2) is 0 Å². The summed E-state index contributed by atoms with van der Waals surface area (Å²) < 4.78 is 31.9. The molecule has 1 aliphatic heterocycles. The van der Waals surface area contributed by atoms with Crippen molar-refractivity contribution in [2.75, 3.05) is 45.7 Å². The first-order chi connectivity index (χ1) is 14.2. The average molecular weight is 452 g/mol. The molecule has 1 saturated heterocycles. The molecule has 0 unspecified atom stereocenters. The summed E-state index contributed by atoms with van der Waals surface area (Å²) >= 11 is 6.15. The lowest BCUT2D eigenvalue weighted by atomic mass is 10.1. The highest BCUT2D eigenvalue weighted by Gasteiger charge is 2.26. The van der Waals surface area contributed by atoms with Crippen molar-refractivity contribution >= 4 is 39.1 Å². The predicted molar refractivity (Wildman–Crippen MR) is 113 cm³/mol. The van der Waals surface area contributed by atoms with Crippen LogP contribution in [0.3, 0.4) is 0 Å². The number of nitrogens with zero attached hydrogens (tertiary/aromatic N) is 2. The number of amides is 2. The molecule has 2 aromatic rings. The van der Waals surface area contributed by atoms with E-state index < -0.39 is 15.9 Å². The molecule has 30 heavy (non-hydrogen) atoms. The molecule has 10 heteroatoms. The van der Waals surface area contributed by atoms with Crippen molar-refractivity contribution in [3.63, 3.8) is 0 Å². The maximum Gasteiger partial charge on any atom is 0.255 e. The second-order valence-electron chi connectivity index (χ2n) is 6.89. The molecule has 0 saturated carbocycles. The van der Waals surface area contributed by atoms with Gasteiger partial charge in [0, 0.05) is 38.3 Å². The van der Waals surface area contributed by atoms with E-state index in [1.807, 2.05) is 0 Å². The minimum Gasteiger partial charge on any atom is -0.379 e. The van der Waals surface area contributed by atoms with Crippen molar-refractivity contribution in [2.24, 2.45) is 0 Å². The number of halogens is 1. The van der Waals surface area contributed by atoms with Crippen LogP contribution in [0.1, 0.15) is 20.7 Å². The molecule has 8 nitrogen and oxygen atoms in total. The maximum absolute atomic E-state index is 12.7. The second kappa shape index (κ2) is 9.13. The third kappa shape index (κ3) is 4.81. The van der Waals surface area contributed by atoms with Crippen molar-refractivity contribution in [3.05, 3.63) is 58.6 Å². The van der Waals surface area contributed by atoms with E-state index in [0.29, 0.717) is 37.6 Å². The summed E-state index contributed by atoms with van der Waals surface area (Å²) in [6, 6.07) is 10.3. The number of carbonyl (C=O) groups excluding carboxylic acids is 2. The average Bonchev–Trinajstić information content (AvgIpc) is 2.75. The summed E-state index contributed by atoms with van der Waals surface area (Å²) in [4.78, 5) is 26.3. The smallest absolute Gasteiger partial charge is 0.255 e. The van der Waals surface area contributed by atoms with E-state index in [-0.39, 0.29) is 21.4 Å². The molecular weight excluding hydrogens is 430 g/mol. The molecule has 2 aromatic carbocycles. The Balaban J connectivity index is 1.77. The topological polar surface area (TPSA) is 96.0 Å². The van der Waals surface area contributed by atoms with E-state index in [2.05, 4.69) is 5.32 Å². The minimum absolute atomic E-state index is 0.109. The van der Waals surface area contributed by atoms with Crippen LogP contribution in [-0.4, -0.2) is 69.8 Å². The van der Waals surface area contributed by atoms with Gasteiger partial charge in [-0.2, -0.15) is 4.31 Å². The van der Waals surface area contributed by atoms with Gasteiger partial charge in [-0.25, -0.2) is 8.42 Å². The van der Waals surface area contributed by atoms with Crippen LogP contribution in [0, 0.1) is 0 Å². The molecule has 160 valence electrons. The lowest BCUT2D eigenvalue weighted by molar-refractivity contribution is 0.0730. The number of benzene rings is 2. The zero-order valence-corrected chi connectivity index (χ0v) is 18.2. The van der Waals surface area contributed by atoms with E-state index in [1.54, 1.807) is 20.2 Å². The number of morpholine rings is 1. The summed E-state index contributed by atoms with van der Waals surface area (Å²) in [7, 11) is -0.382. The number of hydrogen-bond acceptors (Lipinski definition) is 5. The summed E-state index contributed by atoms with van der Waals surface area (Å²) in [6.45, 7) is 1.31. The molecule has 1 N–H and O–H groups in total. The highest BCUT2D eigenvalue weighted by atomic mass is 35.5. The minimum atomic E-state index is -3.64. The lowest BCUT2D eigenvalue weighted by Gasteiger charge is -2.26.